The lowest BCUT2D eigenvalue weighted by atomic mass is 10.2. The van der Waals surface area contributed by atoms with Crippen LogP contribution < -0.4 is 15.6 Å². The number of ether oxygens (including phenoxy) is 1. The van der Waals surface area contributed by atoms with E-state index in [2.05, 4.69) is 10.4 Å². The first-order valence-electron chi connectivity index (χ1n) is 8.48. The number of benzene rings is 1. The first-order chi connectivity index (χ1) is 12.8. The number of nitrogens with zero attached hydrogens (tertiary/aromatic N) is 2. The van der Waals surface area contributed by atoms with Gasteiger partial charge >= 0.3 is 6.18 Å². The molecule has 1 aromatic carbocycles. The Balaban J connectivity index is 1.61. The first kappa shape index (κ1) is 18.9. The van der Waals surface area contributed by atoms with Crippen molar-refractivity contribution in [2.45, 2.75) is 31.5 Å². The summed E-state index contributed by atoms with van der Waals surface area (Å²) in [6.07, 6.45) is -3.33. The van der Waals surface area contributed by atoms with Gasteiger partial charge in [0.15, 0.2) is 0 Å². The molecule has 1 fully saturated rings. The van der Waals surface area contributed by atoms with Crippen LogP contribution in [0.3, 0.4) is 0 Å². The van der Waals surface area contributed by atoms with Crippen LogP contribution in [0.1, 0.15) is 30.0 Å². The summed E-state index contributed by atoms with van der Waals surface area (Å²) in [6, 6.07) is 9.75. The number of halogens is 3. The third kappa shape index (κ3) is 5.08. The second kappa shape index (κ2) is 7.81. The van der Waals surface area contributed by atoms with E-state index < -0.39 is 29.8 Å². The van der Waals surface area contributed by atoms with Gasteiger partial charge in [0, 0.05) is 5.92 Å². The lowest BCUT2D eigenvalue weighted by molar-refractivity contribution is -0.139. The van der Waals surface area contributed by atoms with Gasteiger partial charge in [-0.05, 0) is 31.0 Å². The van der Waals surface area contributed by atoms with Crippen LogP contribution in [-0.2, 0) is 17.5 Å². The highest BCUT2D eigenvalue weighted by atomic mass is 19.4. The first-order valence-corrected chi connectivity index (χ1v) is 8.48. The molecule has 1 N–H and O–H groups in total. The SMILES string of the molecule is O=C(Cn1nc(C2CC2)cc(C(F)(F)F)c1=O)NCCOc1ccccc1. The van der Waals surface area contributed by atoms with E-state index in [1.807, 2.05) is 6.07 Å². The van der Waals surface area contributed by atoms with Gasteiger partial charge in [0.05, 0.1) is 12.2 Å². The number of nitrogens with one attached hydrogen (secondary N) is 1. The molecule has 0 saturated heterocycles. The molecule has 9 heteroatoms. The number of carbonyl (C=O) groups is 1. The molecule has 0 atom stereocenters. The highest BCUT2D eigenvalue weighted by molar-refractivity contribution is 5.75. The molecule has 1 saturated carbocycles. The number of amides is 1. The van der Waals surface area contributed by atoms with Crippen LogP contribution in [0.5, 0.6) is 5.75 Å². The molecule has 1 aliphatic rings. The molecule has 1 heterocycles. The summed E-state index contributed by atoms with van der Waals surface area (Å²) in [5.74, 6) is -0.0563. The molecule has 0 aliphatic heterocycles. The number of hydrogen-bond acceptors (Lipinski definition) is 4. The van der Waals surface area contributed by atoms with E-state index in [4.69, 9.17) is 4.74 Å². The van der Waals surface area contributed by atoms with Crippen molar-refractivity contribution in [1.29, 1.82) is 0 Å². The maximum atomic E-state index is 13.1. The number of aromatic nitrogens is 2. The zero-order valence-corrected chi connectivity index (χ0v) is 14.3. The summed E-state index contributed by atoms with van der Waals surface area (Å²) in [5.41, 5.74) is -2.41. The molecule has 6 nitrogen and oxygen atoms in total. The van der Waals surface area contributed by atoms with E-state index >= 15 is 0 Å². The molecule has 0 unspecified atom stereocenters. The van der Waals surface area contributed by atoms with Crippen molar-refractivity contribution in [2.75, 3.05) is 13.2 Å². The van der Waals surface area contributed by atoms with Crippen molar-refractivity contribution in [3.63, 3.8) is 0 Å². The van der Waals surface area contributed by atoms with Gasteiger partial charge in [-0.3, -0.25) is 9.59 Å². The minimum absolute atomic E-state index is 0.0831. The lowest BCUT2D eigenvalue weighted by Crippen LogP contribution is -2.38. The van der Waals surface area contributed by atoms with Gasteiger partial charge in [-0.25, -0.2) is 4.68 Å². The van der Waals surface area contributed by atoms with Crippen molar-refractivity contribution in [3.8, 4) is 5.75 Å². The van der Waals surface area contributed by atoms with Gasteiger partial charge in [-0.1, -0.05) is 18.2 Å². The van der Waals surface area contributed by atoms with Crippen molar-refractivity contribution in [1.82, 2.24) is 15.1 Å². The van der Waals surface area contributed by atoms with Crippen LogP contribution in [0, 0.1) is 0 Å². The molecule has 0 bridgehead atoms. The highest BCUT2D eigenvalue weighted by Gasteiger charge is 2.37. The molecule has 0 radical (unpaired) electrons. The molecule has 1 amide bonds. The monoisotopic (exact) mass is 381 g/mol. The van der Waals surface area contributed by atoms with Gasteiger partial charge in [0.25, 0.3) is 5.56 Å². The average Bonchev–Trinajstić information content (AvgIpc) is 3.45. The fourth-order valence-corrected chi connectivity index (χ4v) is 2.52. The number of rotatable bonds is 7. The summed E-state index contributed by atoms with van der Waals surface area (Å²) < 4.78 is 45.2. The second-order valence-electron chi connectivity index (χ2n) is 6.23. The summed E-state index contributed by atoms with van der Waals surface area (Å²) in [5, 5.41) is 6.44. The minimum Gasteiger partial charge on any atom is -0.492 e. The topological polar surface area (TPSA) is 73.2 Å². The van der Waals surface area contributed by atoms with Crippen LogP contribution in [-0.4, -0.2) is 28.8 Å². The number of carbonyl (C=O) groups excluding carboxylic acids is 1. The summed E-state index contributed by atoms with van der Waals surface area (Å²) in [6.45, 7) is -0.237. The average molecular weight is 381 g/mol. The summed E-state index contributed by atoms with van der Waals surface area (Å²) in [7, 11) is 0. The maximum Gasteiger partial charge on any atom is 0.421 e. The third-order valence-corrected chi connectivity index (χ3v) is 4.02. The zero-order chi connectivity index (χ0) is 19.4. The molecule has 2 aromatic rings. The molecule has 1 aliphatic carbocycles. The Morgan fingerprint density at radius 3 is 2.59 bits per heavy atom. The second-order valence-corrected chi connectivity index (χ2v) is 6.23. The Morgan fingerprint density at radius 1 is 1.26 bits per heavy atom. The quantitative estimate of drug-likeness (QED) is 0.748. The highest BCUT2D eigenvalue weighted by Crippen LogP contribution is 2.40. The third-order valence-electron chi connectivity index (χ3n) is 4.02. The van der Waals surface area contributed by atoms with Crippen LogP contribution in [0.25, 0.3) is 0 Å². The molecule has 1 aromatic heterocycles. The lowest BCUT2D eigenvalue weighted by Gasteiger charge is -2.12. The van der Waals surface area contributed by atoms with Crippen LogP contribution in [0.2, 0.25) is 0 Å². The number of para-hydroxylation sites is 1. The molecule has 144 valence electrons. The van der Waals surface area contributed by atoms with Crippen molar-refractivity contribution in [3.05, 3.63) is 58.0 Å². The fourth-order valence-electron chi connectivity index (χ4n) is 2.52. The number of hydrogen-bond donors (Lipinski definition) is 1. The summed E-state index contributed by atoms with van der Waals surface area (Å²) >= 11 is 0. The van der Waals surface area contributed by atoms with E-state index in [0.29, 0.717) is 10.4 Å². The summed E-state index contributed by atoms with van der Waals surface area (Å²) in [4.78, 5) is 24.0. The largest absolute Gasteiger partial charge is 0.492 e. The molecular formula is C18H18F3N3O3. The van der Waals surface area contributed by atoms with Gasteiger partial charge in [0.2, 0.25) is 5.91 Å². The van der Waals surface area contributed by atoms with E-state index in [0.717, 1.165) is 18.9 Å². The zero-order valence-electron chi connectivity index (χ0n) is 14.3. The van der Waals surface area contributed by atoms with Gasteiger partial charge in [-0.2, -0.15) is 18.3 Å². The van der Waals surface area contributed by atoms with Gasteiger partial charge in [-0.15, -0.1) is 0 Å². The standard InChI is InChI=1S/C18H18F3N3O3/c19-18(20,21)14-10-15(12-6-7-12)23-24(17(14)26)11-16(25)22-8-9-27-13-4-2-1-3-5-13/h1-5,10,12H,6-9,11H2,(H,22,25). The smallest absolute Gasteiger partial charge is 0.421 e. The van der Waals surface area contributed by atoms with E-state index in [1.54, 1.807) is 24.3 Å². The van der Waals surface area contributed by atoms with Crippen molar-refractivity contribution >= 4 is 5.91 Å². The molecule has 3 rings (SSSR count). The molecular weight excluding hydrogens is 363 g/mol. The maximum absolute atomic E-state index is 13.1. The minimum atomic E-state index is -4.79. The Labute approximate surface area is 153 Å². The van der Waals surface area contributed by atoms with Crippen LogP contribution in [0.15, 0.2) is 41.2 Å². The Kier molecular flexibility index (Phi) is 5.48. The molecule has 27 heavy (non-hydrogen) atoms. The van der Waals surface area contributed by atoms with Gasteiger partial charge in [0.1, 0.15) is 24.5 Å². The van der Waals surface area contributed by atoms with E-state index in [9.17, 15) is 22.8 Å². The number of alkyl halides is 3. The fraction of sp³-hybridized carbons (Fsp3) is 0.389. The van der Waals surface area contributed by atoms with Gasteiger partial charge < -0.3 is 10.1 Å². The Hall–Kier alpha value is -2.84. The van der Waals surface area contributed by atoms with Crippen molar-refractivity contribution in [2.24, 2.45) is 0 Å². The Morgan fingerprint density at radius 2 is 1.96 bits per heavy atom. The normalized spacial score (nSPS) is 14.0. The van der Waals surface area contributed by atoms with E-state index in [-0.39, 0.29) is 24.8 Å². The van der Waals surface area contributed by atoms with Crippen LogP contribution >= 0.6 is 0 Å². The van der Waals surface area contributed by atoms with Crippen molar-refractivity contribution < 1.29 is 22.7 Å². The van der Waals surface area contributed by atoms with E-state index in [1.165, 1.54) is 0 Å². The van der Waals surface area contributed by atoms with Crippen LogP contribution in [0.4, 0.5) is 13.2 Å². The predicted octanol–water partition coefficient (Wildman–Crippen LogP) is 2.33. The Bertz CT molecular complexity index is 862. The predicted molar refractivity (Wildman–Crippen MR) is 90.4 cm³/mol. The molecule has 0 spiro atoms.